The van der Waals surface area contributed by atoms with Gasteiger partial charge in [-0.3, -0.25) is 0 Å². The molecular formula is C12H15N5. The molecule has 1 aliphatic rings. The van der Waals surface area contributed by atoms with Crippen LogP contribution in [-0.2, 0) is 6.54 Å². The molecule has 1 N–H and O–H groups in total. The van der Waals surface area contributed by atoms with Crippen molar-refractivity contribution in [2.24, 2.45) is 5.92 Å². The van der Waals surface area contributed by atoms with Crippen LogP contribution in [0.25, 0.3) is 11.4 Å². The first-order valence-corrected chi connectivity index (χ1v) is 5.96. The number of nitrogens with one attached hydrogen (secondary N) is 1. The zero-order chi connectivity index (χ0) is 11.5. The van der Waals surface area contributed by atoms with E-state index in [2.05, 4.69) is 20.7 Å². The van der Waals surface area contributed by atoms with Crippen LogP contribution >= 0.6 is 0 Å². The van der Waals surface area contributed by atoms with Gasteiger partial charge >= 0.3 is 0 Å². The molecule has 0 aliphatic carbocycles. The fourth-order valence-corrected chi connectivity index (χ4v) is 2.12. The van der Waals surface area contributed by atoms with E-state index in [0.29, 0.717) is 11.7 Å². The first-order valence-electron chi connectivity index (χ1n) is 5.96. The highest BCUT2D eigenvalue weighted by atomic mass is 15.6. The lowest BCUT2D eigenvalue weighted by Crippen LogP contribution is -2.16. The zero-order valence-electron chi connectivity index (χ0n) is 9.58. The molecule has 5 nitrogen and oxygen atoms in total. The van der Waals surface area contributed by atoms with E-state index in [1.807, 2.05) is 30.3 Å². The molecule has 2 heterocycles. The van der Waals surface area contributed by atoms with E-state index in [4.69, 9.17) is 0 Å². The summed E-state index contributed by atoms with van der Waals surface area (Å²) >= 11 is 0. The van der Waals surface area contributed by atoms with E-state index >= 15 is 0 Å². The molecule has 17 heavy (non-hydrogen) atoms. The molecule has 0 saturated carbocycles. The highest BCUT2D eigenvalue weighted by Gasteiger charge is 2.16. The van der Waals surface area contributed by atoms with Crippen LogP contribution in [0.3, 0.4) is 0 Å². The minimum Gasteiger partial charge on any atom is -0.316 e. The second-order valence-electron chi connectivity index (χ2n) is 4.39. The summed E-state index contributed by atoms with van der Waals surface area (Å²) in [6.45, 7) is 3.01. The quantitative estimate of drug-likeness (QED) is 0.851. The maximum Gasteiger partial charge on any atom is 0.204 e. The molecule has 1 unspecified atom stereocenters. The van der Waals surface area contributed by atoms with Crippen LogP contribution in [0.2, 0.25) is 0 Å². The molecule has 1 atom stereocenters. The number of hydrogen-bond donors (Lipinski definition) is 1. The van der Waals surface area contributed by atoms with Gasteiger partial charge in [-0.2, -0.15) is 4.80 Å². The van der Waals surface area contributed by atoms with Crippen molar-refractivity contribution < 1.29 is 0 Å². The first-order chi connectivity index (χ1) is 8.42. The maximum absolute atomic E-state index is 4.41. The minimum atomic E-state index is 0.632. The fraction of sp³-hybridized carbons (Fsp3) is 0.417. The molecule has 88 valence electrons. The van der Waals surface area contributed by atoms with Crippen LogP contribution in [0.1, 0.15) is 6.42 Å². The Morgan fingerprint density at radius 2 is 2.18 bits per heavy atom. The Labute approximate surface area is 99.8 Å². The predicted octanol–water partition coefficient (Wildman–Crippen LogP) is 0.950. The largest absolute Gasteiger partial charge is 0.316 e. The smallest absolute Gasteiger partial charge is 0.204 e. The Morgan fingerprint density at radius 1 is 1.29 bits per heavy atom. The molecule has 0 spiro atoms. The van der Waals surface area contributed by atoms with Crippen LogP contribution in [0, 0.1) is 5.92 Å². The molecule has 1 aromatic heterocycles. The summed E-state index contributed by atoms with van der Waals surface area (Å²) in [5.74, 6) is 1.34. The Hall–Kier alpha value is -1.75. The molecule has 0 radical (unpaired) electrons. The van der Waals surface area contributed by atoms with Gasteiger partial charge in [-0.25, -0.2) is 0 Å². The molecule has 2 aromatic rings. The third kappa shape index (κ3) is 2.34. The normalized spacial score (nSPS) is 19.6. The summed E-state index contributed by atoms with van der Waals surface area (Å²) in [5, 5.41) is 15.9. The lowest BCUT2D eigenvalue weighted by atomic mass is 10.1. The van der Waals surface area contributed by atoms with Gasteiger partial charge < -0.3 is 5.32 Å². The van der Waals surface area contributed by atoms with Gasteiger partial charge in [0.25, 0.3) is 0 Å². The van der Waals surface area contributed by atoms with E-state index in [-0.39, 0.29) is 0 Å². The number of aromatic nitrogens is 4. The Kier molecular flexibility index (Phi) is 2.83. The van der Waals surface area contributed by atoms with Gasteiger partial charge in [-0.1, -0.05) is 30.3 Å². The predicted molar refractivity (Wildman–Crippen MR) is 64.2 cm³/mol. The molecular weight excluding hydrogens is 214 g/mol. The zero-order valence-corrected chi connectivity index (χ0v) is 9.58. The number of tetrazole rings is 1. The Bertz CT molecular complexity index is 473. The van der Waals surface area contributed by atoms with Crippen molar-refractivity contribution in [1.82, 2.24) is 25.5 Å². The van der Waals surface area contributed by atoms with Crippen LogP contribution < -0.4 is 5.32 Å². The third-order valence-electron chi connectivity index (χ3n) is 3.07. The average Bonchev–Trinajstić information content (AvgIpc) is 3.02. The summed E-state index contributed by atoms with van der Waals surface area (Å²) < 4.78 is 0. The second kappa shape index (κ2) is 4.63. The summed E-state index contributed by atoms with van der Waals surface area (Å²) in [6, 6.07) is 9.95. The Balaban J connectivity index is 1.74. The van der Waals surface area contributed by atoms with Crippen LogP contribution in [0.15, 0.2) is 30.3 Å². The number of nitrogens with zero attached hydrogens (tertiary/aromatic N) is 4. The van der Waals surface area contributed by atoms with E-state index in [1.165, 1.54) is 6.42 Å². The van der Waals surface area contributed by atoms with Gasteiger partial charge in [-0.05, 0) is 30.6 Å². The van der Waals surface area contributed by atoms with E-state index in [0.717, 1.165) is 25.2 Å². The van der Waals surface area contributed by atoms with Gasteiger partial charge in [0, 0.05) is 5.56 Å². The lowest BCUT2D eigenvalue weighted by Gasteiger charge is -2.04. The summed E-state index contributed by atoms with van der Waals surface area (Å²) in [5.41, 5.74) is 1.02. The SMILES string of the molecule is c1ccc(-c2nnn(CC3CCNC3)n2)cc1. The lowest BCUT2D eigenvalue weighted by molar-refractivity contribution is 0.405. The van der Waals surface area contributed by atoms with Gasteiger partial charge in [-0.15, -0.1) is 10.2 Å². The molecule has 1 fully saturated rings. The molecule has 5 heteroatoms. The maximum atomic E-state index is 4.41. The van der Waals surface area contributed by atoms with Crippen molar-refractivity contribution in [1.29, 1.82) is 0 Å². The van der Waals surface area contributed by atoms with Crippen LogP contribution in [0.5, 0.6) is 0 Å². The van der Waals surface area contributed by atoms with Crippen molar-refractivity contribution in [3.05, 3.63) is 30.3 Å². The summed E-state index contributed by atoms with van der Waals surface area (Å²) in [7, 11) is 0. The first kappa shape index (κ1) is 10.4. The monoisotopic (exact) mass is 229 g/mol. The number of rotatable bonds is 3. The van der Waals surface area contributed by atoms with Gasteiger partial charge in [0.15, 0.2) is 0 Å². The van der Waals surface area contributed by atoms with Crippen molar-refractivity contribution in [2.75, 3.05) is 13.1 Å². The number of hydrogen-bond acceptors (Lipinski definition) is 4. The van der Waals surface area contributed by atoms with Crippen LogP contribution in [0.4, 0.5) is 0 Å². The fourth-order valence-electron chi connectivity index (χ4n) is 2.12. The van der Waals surface area contributed by atoms with Crippen LogP contribution in [-0.4, -0.2) is 33.3 Å². The highest BCUT2D eigenvalue weighted by Crippen LogP contribution is 2.13. The minimum absolute atomic E-state index is 0.632. The molecule has 1 aliphatic heterocycles. The van der Waals surface area contributed by atoms with Crippen molar-refractivity contribution in [3.8, 4) is 11.4 Å². The highest BCUT2D eigenvalue weighted by molar-refractivity contribution is 5.52. The third-order valence-corrected chi connectivity index (χ3v) is 3.07. The van der Waals surface area contributed by atoms with Gasteiger partial charge in [0.1, 0.15) is 0 Å². The molecule has 0 bridgehead atoms. The van der Waals surface area contributed by atoms with Gasteiger partial charge in [0.05, 0.1) is 6.54 Å². The van der Waals surface area contributed by atoms with E-state index in [1.54, 1.807) is 4.80 Å². The van der Waals surface area contributed by atoms with Crippen molar-refractivity contribution in [2.45, 2.75) is 13.0 Å². The van der Waals surface area contributed by atoms with E-state index < -0.39 is 0 Å². The topological polar surface area (TPSA) is 55.6 Å². The summed E-state index contributed by atoms with van der Waals surface area (Å²) in [4.78, 5) is 1.71. The molecule has 0 amide bonds. The standard InChI is InChI=1S/C12H15N5/c1-2-4-11(5-3-1)12-14-16-17(15-12)9-10-6-7-13-8-10/h1-5,10,13H,6-9H2. The molecule has 1 aromatic carbocycles. The average molecular weight is 229 g/mol. The van der Waals surface area contributed by atoms with Crippen molar-refractivity contribution in [3.63, 3.8) is 0 Å². The molecule has 3 rings (SSSR count). The summed E-state index contributed by atoms with van der Waals surface area (Å²) in [6.07, 6.45) is 1.20. The number of benzene rings is 1. The molecule has 1 saturated heterocycles. The van der Waals surface area contributed by atoms with Crippen molar-refractivity contribution >= 4 is 0 Å². The Morgan fingerprint density at radius 3 is 2.94 bits per heavy atom. The van der Waals surface area contributed by atoms with Gasteiger partial charge in [0.2, 0.25) is 5.82 Å². The van der Waals surface area contributed by atoms with E-state index in [9.17, 15) is 0 Å². The second-order valence-corrected chi connectivity index (χ2v) is 4.39.